The highest BCUT2D eigenvalue weighted by Gasteiger charge is 2.34. The van der Waals surface area contributed by atoms with Crippen molar-refractivity contribution in [2.24, 2.45) is 0 Å². The van der Waals surface area contributed by atoms with Gasteiger partial charge in [-0.15, -0.1) is 11.8 Å². The van der Waals surface area contributed by atoms with Gasteiger partial charge in [-0.25, -0.2) is 0 Å². The highest BCUT2D eigenvalue weighted by molar-refractivity contribution is 8.00. The van der Waals surface area contributed by atoms with Crippen LogP contribution >= 0.6 is 11.8 Å². The van der Waals surface area contributed by atoms with Gasteiger partial charge in [-0.1, -0.05) is 29.8 Å². The molecule has 0 saturated carbocycles. The molecule has 5 nitrogen and oxygen atoms in total. The van der Waals surface area contributed by atoms with Gasteiger partial charge in [0.05, 0.1) is 10.7 Å². The predicted molar refractivity (Wildman–Crippen MR) is 87.0 cm³/mol. The van der Waals surface area contributed by atoms with E-state index >= 15 is 0 Å². The van der Waals surface area contributed by atoms with Crippen molar-refractivity contribution >= 4 is 29.0 Å². The molecule has 1 aliphatic rings. The van der Waals surface area contributed by atoms with E-state index in [9.17, 15) is 14.9 Å². The monoisotopic (exact) mass is 314 g/mol. The molecule has 0 N–H and O–H groups in total. The van der Waals surface area contributed by atoms with Crippen molar-refractivity contribution in [3.8, 4) is 0 Å². The van der Waals surface area contributed by atoms with Crippen molar-refractivity contribution in [1.29, 1.82) is 0 Å². The molecule has 22 heavy (non-hydrogen) atoms. The molecule has 1 fully saturated rings. The van der Waals surface area contributed by atoms with Crippen molar-refractivity contribution in [3.05, 3.63) is 69.8 Å². The van der Waals surface area contributed by atoms with Gasteiger partial charge in [0.1, 0.15) is 5.37 Å². The number of anilines is 1. The van der Waals surface area contributed by atoms with Gasteiger partial charge in [0.15, 0.2) is 0 Å². The normalized spacial score (nSPS) is 17.8. The van der Waals surface area contributed by atoms with E-state index in [2.05, 4.69) is 0 Å². The molecule has 0 aromatic heterocycles. The second kappa shape index (κ2) is 5.81. The Morgan fingerprint density at radius 2 is 1.95 bits per heavy atom. The van der Waals surface area contributed by atoms with Crippen LogP contribution in [0.1, 0.15) is 16.5 Å². The topological polar surface area (TPSA) is 63.5 Å². The van der Waals surface area contributed by atoms with Crippen LogP contribution in [0.3, 0.4) is 0 Å². The smallest absolute Gasteiger partial charge is 0.269 e. The molecule has 1 saturated heterocycles. The number of carbonyl (C=O) groups is 1. The lowest BCUT2D eigenvalue weighted by Gasteiger charge is -2.24. The minimum Gasteiger partial charge on any atom is -0.295 e. The van der Waals surface area contributed by atoms with E-state index in [1.54, 1.807) is 11.0 Å². The minimum atomic E-state index is -0.416. The summed E-state index contributed by atoms with van der Waals surface area (Å²) in [5.74, 6) is 0.395. The molecule has 1 atom stereocenters. The van der Waals surface area contributed by atoms with Crippen LogP contribution in [0.4, 0.5) is 11.4 Å². The Morgan fingerprint density at radius 3 is 2.64 bits per heavy atom. The zero-order chi connectivity index (χ0) is 15.7. The Labute approximate surface area is 132 Å². The van der Waals surface area contributed by atoms with Crippen LogP contribution in [-0.4, -0.2) is 16.6 Å². The van der Waals surface area contributed by atoms with Gasteiger partial charge in [-0.2, -0.15) is 0 Å². The molecule has 1 heterocycles. The number of carbonyl (C=O) groups excluding carboxylic acids is 1. The summed E-state index contributed by atoms with van der Waals surface area (Å²) in [6, 6.07) is 14.2. The number of rotatable bonds is 3. The lowest BCUT2D eigenvalue weighted by molar-refractivity contribution is -0.384. The van der Waals surface area contributed by atoms with Crippen molar-refractivity contribution in [2.45, 2.75) is 12.3 Å². The fraction of sp³-hybridized carbons (Fsp3) is 0.188. The zero-order valence-electron chi connectivity index (χ0n) is 11.9. The van der Waals surface area contributed by atoms with Crippen LogP contribution in [0, 0.1) is 17.0 Å². The first-order valence-corrected chi connectivity index (χ1v) is 7.86. The van der Waals surface area contributed by atoms with Crippen LogP contribution < -0.4 is 4.90 Å². The first-order chi connectivity index (χ1) is 10.6. The van der Waals surface area contributed by atoms with Crippen LogP contribution in [0.25, 0.3) is 0 Å². The largest absolute Gasteiger partial charge is 0.295 e. The average molecular weight is 314 g/mol. The Kier molecular flexibility index (Phi) is 3.85. The molecule has 6 heteroatoms. The standard InChI is InChI=1S/C16H14N2O3S/c1-11-5-7-13(8-6-11)17-15(19)10-22-16(17)12-3-2-4-14(9-12)18(20)21/h2-9,16H,10H2,1H3/t16-/m0/s1. The first-order valence-electron chi connectivity index (χ1n) is 6.81. The summed E-state index contributed by atoms with van der Waals surface area (Å²) in [5.41, 5.74) is 2.75. The number of nitro benzene ring substituents is 1. The van der Waals surface area contributed by atoms with Gasteiger partial charge < -0.3 is 0 Å². The number of nitrogens with zero attached hydrogens (tertiary/aromatic N) is 2. The van der Waals surface area contributed by atoms with E-state index in [4.69, 9.17) is 0 Å². The molecule has 2 aromatic carbocycles. The molecular weight excluding hydrogens is 300 g/mol. The maximum absolute atomic E-state index is 12.2. The van der Waals surface area contributed by atoms with E-state index in [1.165, 1.54) is 23.9 Å². The van der Waals surface area contributed by atoms with Gasteiger partial charge >= 0.3 is 0 Å². The molecule has 0 spiro atoms. The first kappa shape index (κ1) is 14.6. The maximum atomic E-state index is 12.2. The molecular formula is C16H14N2O3S. The van der Waals surface area contributed by atoms with Gasteiger partial charge in [-0.05, 0) is 24.6 Å². The second-order valence-electron chi connectivity index (χ2n) is 5.11. The number of hydrogen-bond donors (Lipinski definition) is 0. The van der Waals surface area contributed by atoms with Gasteiger partial charge in [-0.3, -0.25) is 19.8 Å². The summed E-state index contributed by atoms with van der Waals surface area (Å²) in [6.07, 6.45) is 0. The number of thioether (sulfide) groups is 1. The maximum Gasteiger partial charge on any atom is 0.269 e. The van der Waals surface area contributed by atoms with Crippen LogP contribution in [-0.2, 0) is 4.79 Å². The molecule has 0 aliphatic carbocycles. The number of non-ortho nitro benzene ring substituents is 1. The van der Waals surface area contributed by atoms with E-state index in [1.807, 2.05) is 37.3 Å². The highest BCUT2D eigenvalue weighted by atomic mass is 32.2. The molecule has 2 aromatic rings. The van der Waals surface area contributed by atoms with Crippen molar-refractivity contribution < 1.29 is 9.72 Å². The number of hydrogen-bond acceptors (Lipinski definition) is 4. The predicted octanol–water partition coefficient (Wildman–Crippen LogP) is 3.68. The third-order valence-corrected chi connectivity index (χ3v) is 4.76. The van der Waals surface area contributed by atoms with Gasteiger partial charge in [0.2, 0.25) is 5.91 Å². The fourth-order valence-electron chi connectivity index (χ4n) is 2.45. The molecule has 112 valence electrons. The zero-order valence-corrected chi connectivity index (χ0v) is 12.7. The summed E-state index contributed by atoms with van der Waals surface area (Å²) in [4.78, 5) is 24.5. The van der Waals surface area contributed by atoms with Crippen LogP contribution in [0.5, 0.6) is 0 Å². The quantitative estimate of drug-likeness (QED) is 0.640. The number of amides is 1. The van der Waals surface area contributed by atoms with Crippen molar-refractivity contribution in [2.75, 3.05) is 10.7 Å². The van der Waals surface area contributed by atoms with Crippen LogP contribution in [0.15, 0.2) is 48.5 Å². The lowest BCUT2D eigenvalue weighted by Crippen LogP contribution is -2.27. The third kappa shape index (κ3) is 2.69. The fourth-order valence-corrected chi connectivity index (χ4v) is 3.61. The van der Waals surface area contributed by atoms with E-state index in [-0.39, 0.29) is 17.0 Å². The summed E-state index contributed by atoms with van der Waals surface area (Å²) >= 11 is 1.48. The lowest BCUT2D eigenvalue weighted by atomic mass is 10.1. The molecule has 0 bridgehead atoms. The van der Waals surface area contributed by atoms with Crippen molar-refractivity contribution in [1.82, 2.24) is 0 Å². The molecule has 0 unspecified atom stereocenters. The molecule has 1 aliphatic heterocycles. The number of nitro groups is 1. The summed E-state index contributed by atoms with van der Waals surface area (Å²) in [7, 11) is 0. The Bertz CT molecular complexity index is 730. The minimum absolute atomic E-state index is 0.0189. The van der Waals surface area contributed by atoms with Crippen molar-refractivity contribution in [3.63, 3.8) is 0 Å². The molecule has 0 radical (unpaired) electrons. The highest BCUT2D eigenvalue weighted by Crippen LogP contribution is 2.42. The average Bonchev–Trinajstić information content (AvgIpc) is 2.90. The van der Waals surface area contributed by atoms with E-state index in [0.29, 0.717) is 5.75 Å². The van der Waals surface area contributed by atoms with E-state index in [0.717, 1.165) is 16.8 Å². The SMILES string of the molecule is Cc1ccc(N2C(=O)CS[C@H]2c2cccc([N+](=O)[O-])c2)cc1. The summed E-state index contributed by atoms with van der Waals surface area (Å²) in [6.45, 7) is 1.99. The van der Waals surface area contributed by atoms with E-state index < -0.39 is 4.92 Å². The number of benzene rings is 2. The summed E-state index contributed by atoms with van der Waals surface area (Å²) < 4.78 is 0. The van der Waals surface area contributed by atoms with Gasteiger partial charge in [0.25, 0.3) is 5.69 Å². The molecule has 3 rings (SSSR count). The Hall–Kier alpha value is -2.34. The third-order valence-electron chi connectivity index (χ3n) is 3.55. The Balaban J connectivity index is 1.98. The molecule has 1 amide bonds. The number of aryl methyl sites for hydroxylation is 1. The second-order valence-corrected chi connectivity index (χ2v) is 6.18. The Morgan fingerprint density at radius 1 is 1.23 bits per heavy atom. The van der Waals surface area contributed by atoms with Gasteiger partial charge in [0, 0.05) is 17.8 Å². The van der Waals surface area contributed by atoms with Crippen LogP contribution in [0.2, 0.25) is 0 Å². The summed E-state index contributed by atoms with van der Waals surface area (Å²) in [5, 5.41) is 10.7.